The van der Waals surface area contributed by atoms with Crippen molar-refractivity contribution in [2.45, 2.75) is 33.2 Å². The molecule has 0 radical (unpaired) electrons. The van der Waals surface area contributed by atoms with Crippen LogP contribution in [0, 0.1) is 6.92 Å². The van der Waals surface area contributed by atoms with E-state index in [4.69, 9.17) is 4.98 Å². The van der Waals surface area contributed by atoms with Crippen LogP contribution < -0.4 is 10.9 Å². The van der Waals surface area contributed by atoms with Crippen molar-refractivity contribution < 1.29 is 4.79 Å². The summed E-state index contributed by atoms with van der Waals surface area (Å²) in [5.41, 5.74) is 4.13. The summed E-state index contributed by atoms with van der Waals surface area (Å²) < 4.78 is 1.65. The van der Waals surface area contributed by atoms with Crippen molar-refractivity contribution in [1.29, 1.82) is 0 Å². The van der Waals surface area contributed by atoms with Crippen molar-refractivity contribution in [3.8, 4) is 5.69 Å². The summed E-state index contributed by atoms with van der Waals surface area (Å²) in [5, 5.41) is 3.47. The Hall–Kier alpha value is -3.93. The molecule has 1 aromatic heterocycles. The smallest absolute Gasteiger partial charge is 0.318 e. The highest BCUT2D eigenvalue weighted by Crippen LogP contribution is 2.24. The predicted molar refractivity (Wildman–Crippen MR) is 133 cm³/mol. The Morgan fingerprint density at radius 3 is 2.42 bits per heavy atom. The summed E-state index contributed by atoms with van der Waals surface area (Å²) in [7, 11) is 1.71. The number of aryl methyl sites for hydroxylation is 2. The highest BCUT2D eigenvalue weighted by Gasteiger charge is 2.25. The summed E-state index contributed by atoms with van der Waals surface area (Å²) in [6.07, 6.45) is 0.771. The molecule has 6 nitrogen and oxygen atoms in total. The number of hydrogen-bond donors (Lipinski definition) is 1. The van der Waals surface area contributed by atoms with Gasteiger partial charge in [0, 0.05) is 12.7 Å². The second-order valence-electron chi connectivity index (χ2n) is 8.19. The van der Waals surface area contributed by atoms with Gasteiger partial charge in [0.25, 0.3) is 5.56 Å². The third-order valence-corrected chi connectivity index (χ3v) is 5.99. The fraction of sp³-hybridized carbons (Fsp3) is 0.222. The van der Waals surface area contributed by atoms with Crippen molar-refractivity contribution in [1.82, 2.24) is 14.5 Å². The minimum atomic E-state index is -0.460. The first kappa shape index (κ1) is 22.3. The van der Waals surface area contributed by atoms with Gasteiger partial charge in [0.15, 0.2) is 0 Å². The van der Waals surface area contributed by atoms with Crippen LogP contribution in [0.15, 0.2) is 77.6 Å². The van der Waals surface area contributed by atoms with Crippen molar-refractivity contribution >= 4 is 22.6 Å². The molecule has 0 aliphatic rings. The van der Waals surface area contributed by atoms with Gasteiger partial charge >= 0.3 is 6.03 Å². The van der Waals surface area contributed by atoms with E-state index in [1.54, 1.807) is 22.6 Å². The standard InChI is InChI=1S/C27H28N4O2/c1-5-20-10-6-9-13-24(20)31-25(29-23-12-8-7-11-22(23)26(31)32)19(3)30(4)27(33)28-21-16-14-18(2)15-17-21/h6-17,19H,5H2,1-4H3,(H,28,33). The number of aromatic nitrogens is 2. The lowest BCUT2D eigenvalue weighted by atomic mass is 10.1. The van der Waals surface area contributed by atoms with Gasteiger partial charge in [-0.2, -0.15) is 0 Å². The maximum absolute atomic E-state index is 13.6. The van der Waals surface area contributed by atoms with Gasteiger partial charge in [-0.3, -0.25) is 9.36 Å². The van der Waals surface area contributed by atoms with Crippen LogP contribution in [-0.2, 0) is 6.42 Å². The lowest BCUT2D eigenvalue weighted by Gasteiger charge is -2.27. The number of para-hydroxylation sites is 2. The molecule has 4 aromatic rings. The van der Waals surface area contributed by atoms with Gasteiger partial charge in [-0.15, -0.1) is 0 Å². The first-order chi connectivity index (χ1) is 15.9. The van der Waals surface area contributed by atoms with E-state index < -0.39 is 6.04 Å². The molecule has 1 atom stereocenters. The molecule has 0 aliphatic heterocycles. The third-order valence-electron chi connectivity index (χ3n) is 5.99. The van der Waals surface area contributed by atoms with Crippen LogP contribution >= 0.6 is 0 Å². The number of anilines is 1. The van der Waals surface area contributed by atoms with Gasteiger partial charge in [0.2, 0.25) is 0 Å². The average molecular weight is 441 g/mol. The lowest BCUT2D eigenvalue weighted by Crippen LogP contribution is -2.37. The van der Waals surface area contributed by atoms with Crippen LogP contribution in [0.25, 0.3) is 16.6 Å². The Balaban J connectivity index is 1.81. The van der Waals surface area contributed by atoms with E-state index in [0.717, 1.165) is 23.2 Å². The molecule has 2 amide bonds. The number of fused-ring (bicyclic) bond motifs is 1. The fourth-order valence-corrected chi connectivity index (χ4v) is 3.89. The number of urea groups is 1. The largest absolute Gasteiger partial charge is 0.322 e. The summed E-state index contributed by atoms with van der Waals surface area (Å²) in [6.45, 7) is 5.94. The Bertz CT molecular complexity index is 1360. The highest BCUT2D eigenvalue weighted by atomic mass is 16.2. The zero-order chi connectivity index (χ0) is 23.5. The zero-order valence-corrected chi connectivity index (χ0v) is 19.4. The van der Waals surface area contributed by atoms with Gasteiger partial charge in [-0.1, -0.05) is 55.0 Å². The quantitative estimate of drug-likeness (QED) is 0.447. The summed E-state index contributed by atoms with van der Waals surface area (Å²) in [6, 6.07) is 22.0. The lowest BCUT2D eigenvalue weighted by molar-refractivity contribution is 0.205. The van der Waals surface area contributed by atoms with Gasteiger partial charge in [0.05, 0.1) is 22.6 Å². The number of nitrogens with one attached hydrogen (secondary N) is 1. The first-order valence-corrected chi connectivity index (χ1v) is 11.1. The molecule has 0 bridgehead atoms. The second-order valence-corrected chi connectivity index (χ2v) is 8.19. The number of benzene rings is 3. The molecule has 0 saturated heterocycles. The van der Waals surface area contributed by atoms with Gasteiger partial charge in [-0.05, 0) is 56.2 Å². The normalized spacial score (nSPS) is 11.9. The number of carbonyl (C=O) groups is 1. The second kappa shape index (κ2) is 9.28. The topological polar surface area (TPSA) is 67.2 Å². The van der Waals surface area contributed by atoms with Crippen molar-refractivity contribution in [3.05, 3.63) is 100 Å². The van der Waals surface area contributed by atoms with E-state index in [0.29, 0.717) is 22.4 Å². The SMILES string of the molecule is CCc1ccccc1-n1c(C(C)N(C)C(=O)Nc2ccc(C)cc2)nc2ccccc2c1=O. The van der Waals surface area contributed by atoms with Crippen molar-refractivity contribution in [2.24, 2.45) is 0 Å². The number of carbonyl (C=O) groups excluding carboxylic acids is 1. The van der Waals surface area contributed by atoms with Crippen LogP contribution in [0.4, 0.5) is 10.5 Å². The molecule has 1 heterocycles. The molecule has 168 valence electrons. The number of hydrogen-bond acceptors (Lipinski definition) is 3. The first-order valence-electron chi connectivity index (χ1n) is 11.1. The van der Waals surface area contributed by atoms with Crippen LogP contribution in [0.3, 0.4) is 0 Å². The number of rotatable bonds is 5. The van der Waals surface area contributed by atoms with Gasteiger partial charge in [-0.25, -0.2) is 9.78 Å². The van der Waals surface area contributed by atoms with Crippen molar-refractivity contribution in [3.63, 3.8) is 0 Å². The van der Waals surface area contributed by atoms with Crippen LogP contribution in [0.5, 0.6) is 0 Å². The van der Waals surface area contributed by atoms with E-state index in [-0.39, 0.29) is 11.6 Å². The predicted octanol–water partition coefficient (Wildman–Crippen LogP) is 5.48. The van der Waals surface area contributed by atoms with E-state index in [9.17, 15) is 9.59 Å². The molecule has 0 spiro atoms. The van der Waals surface area contributed by atoms with Gasteiger partial charge < -0.3 is 10.2 Å². The fourth-order valence-electron chi connectivity index (χ4n) is 3.89. The zero-order valence-electron chi connectivity index (χ0n) is 19.4. The minimum absolute atomic E-state index is 0.143. The van der Waals surface area contributed by atoms with Crippen LogP contribution in [0.1, 0.15) is 36.8 Å². The molecule has 3 aromatic carbocycles. The molecule has 4 rings (SSSR count). The van der Waals surface area contributed by atoms with E-state index in [1.165, 1.54) is 0 Å². The molecule has 1 unspecified atom stereocenters. The minimum Gasteiger partial charge on any atom is -0.318 e. The van der Waals surface area contributed by atoms with E-state index >= 15 is 0 Å². The Kier molecular flexibility index (Phi) is 6.27. The van der Waals surface area contributed by atoms with Crippen molar-refractivity contribution in [2.75, 3.05) is 12.4 Å². The Morgan fingerprint density at radius 1 is 1.03 bits per heavy atom. The molecule has 0 saturated carbocycles. The summed E-state index contributed by atoms with van der Waals surface area (Å²) in [5.74, 6) is 0.515. The molecular weight excluding hydrogens is 412 g/mol. The maximum Gasteiger partial charge on any atom is 0.322 e. The van der Waals surface area contributed by atoms with Gasteiger partial charge in [0.1, 0.15) is 5.82 Å². The Labute approximate surface area is 193 Å². The monoisotopic (exact) mass is 440 g/mol. The molecular formula is C27H28N4O2. The van der Waals surface area contributed by atoms with Crippen LogP contribution in [-0.4, -0.2) is 27.5 Å². The molecule has 33 heavy (non-hydrogen) atoms. The van der Waals surface area contributed by atoms with E-state index in [1.807, 2.05) is 80.6 Å². The Morgan fingerprint density at radius 2 is 1.70 bits per heavy atom. The third kappa shape index (κ3) is 4.37. The highest BCUT2D eigenvalue weighted by molar-refractivity contribution is 5.89. The van der Waals surface area contributed by atoms with Crippen LogP contribution in [0.2, 0.25) is 0 Å². The molecule has 0 fully saturated rings. The molecule has 6 heteroatoms. The molecule has 0 aliphatic carbocycles. The number of nitrogens with zero attached hydrogens (tertiary/aromatic N) is 3. The maximum atomic E-state index is 13.6. The molecule has 1 N–H and O–H groups in total. The average Bonchev–Trinajstić information content (AvgIpc) is 2.84. The summed E-state index contributed by atoms with van der Waals surface area (Å²) >= 11 is 0. The van der Waals surface area contributed by atoms with E-state index in [2.05, 4.69) is 12.2 Å². The number of amides is 2. The summed E-state index contributed by atoms with van der Waals surface area (Å²) in [4.78, 5) is 33.1.